The van der Waals surface area contributed by atoms with Gasteiger partial charge < -0.3 is 10.1 Å². The van der Waals surface area contributed by atoms with E-state index in [4.69, 9.17) is 4.74 Å². The van der Waals surface area contributed by atoms with Gasteiger partial charge in [0.15, 0.2) is 6.61 Å². The summed E-state index contributed by atoms with van der Waals surface area (Å²) in [6.45, 7) is 4.74. The molecule has 25 heavy (non-hydrogen) atoms. The van der Waals surface area contributed by atoms with Crippen molar-refractivity contribution in [2.75, 3.05) is 13.2 Å². The zero-order valence-corrected chi connectivity index (χ0v) is 15.8. The molecule has 0 aromatic heterocycles. The van der Waals surface area contributed by atoms with Crippen molar-refractivity contribution in [2.24, 2.45) is 5.92 Å². The Labute approximate surface area is 150 Å². The first kappa shape index (κ1) is 19.7. The molecule has 0 atom stereocenters. The highest BCUT2D eigenvalue weighted by atomic mass is 32.2. The second-order valence-corrected chi connectivity index (χ2v) is 8.61. The predicted molar refractivity (Wildman–Crippen MR) is 97.0 cm³/mol. The molecule has 140 valence electrons. The van der Waals surface area contributed by atoms with Crippen LogP contribution in [0, 0.1) is 5.92 Å². The number of carbonyl (C=O) groups is 1. The van der Waals surface area contributed by atoms with Crippen molar-refractivity contribution in [3.8, 4) is 5.75 Å². The smallest absolute Gasteiger partial charge is 0.257 e. The van der Waals surface area contributed by atoms with Gasteiger partial charge in [-0.15, -0.1) is 0 Å². The maximum Gasteiger partial charge on any atom is 0.257 e. The van der Waals surface area contributed by atoms with E-state index in [2.05, 4.69) is 23.9 Å². The van der Waals surface area contributed by atoms with Crippen molar-refractivity contribution in [2.45, 2.75) is 56.9 Å². The van der Waals surface area contributed by atoms with E-state index < -0.39 is 10.0 Å². The summed E-state index contributed by atoms with van der Waals surface area (Å²) in [4.78, 5) is 11.9. The molecular formula is C18H28N2O4S. The van der Waals surface area contributed by atoms with Crippen molar-refractivity contribution in [1.82, 2.24) is 10.0 Å². The molecule has 0 spiro atoms. The van der Waals surface area contributed by atoms with E-state index in [0.717, 1.165) is 32.1 Å². The molecule has 7 heteroatoms. The third-order valence-corrected chi connectivity index (χ3v) is 5.76. The molecule has 0 saturated heterocycles. The maximum absolute atomic E-state index is 12.3. The lowest BCUT2D eigenvalue weighted by Gasteiger charge is -2.13. The van der Waals surface area contributed by atoms with Crippen LogP contribution in [0.4, 0.5) is 0 Å². The summed E-state index contributed by atoms with van der Waals surface area (Å²) in [6.07, 6.45) is 4.85. The van der Waals surface area contributed by atoms with Crippen molar-refractivity contribution >= 4 is 15.9 Å². The third-order valence-electron chi connectivity index (χ3n) is 4.22. The summed E-state index contributed by atoms with van der Waals surface area (Å²) in [7, 11) is -3.50. The Morgan fingerprint density at radius 1 is 1.20 bits per heavy atom. The molecule has 1 aromatic rings. The molecule has 0 radical (unpaired) electrons. The van der Waals surface area contributed by atoms with Crippen LogP contribution in [0.2, 0.25) is 0 Å². The average Bonchev–Trinajstić information content (AvgIpc) is 3.05. The topological polar surface area (TPSA) is 84.5 Å². The van der Waals surface area contributed by atoms with Gasteiger partial charge in [0.1, 0.15) is 5.75 Å². The van der Waals surface area contributed by atoms with Gasteiger partial charge >= 0.3 is 0 Å². The normalized spacial score (nSPS) is 15.5. The van der Waals surface area contributed by atoms with Gasteiger partial charge in [-0.2, -0.15) is 0 Å². The van der Waals surface area contributed by atoms with Crippen molar-refractivity contribution in [3.63, 3.8) is 0 Å². The molecule has 1 aromatic carbocycles. The van der Waals surface area contributed by atoms with Crippen molar-refractivity contribution < 1.29 is 17.9 Å². The summed E-state index contributed by atoms with van der Waals surface area (Å²) in [5, 5.41) is 2.79. The van der Waals surface area contributed by atoms with Crippen molar-refractivity contribution in [1.29, 1.82) is 0 Å². The van der Waals surface area contributed by atoms with Gasteiger partial charge in [-0.25, -0.2) is 13.1 Å². The molecule has 6 nitrogen and oxygen atoms in total. The molecule has 1 saturated carbocycles. The largest absolute Gasteiger partial charge is 0.484 e. The Hall–Kier alpha value is -1.60. The lowest BCUT2D eigenvalue weighted by molar-refractivity contribution is -0.123. The summed E-state index contributed by atoms with van der Waals surface area (Å²) >= 11 is 0. The van der Waals surface area contributed by atoms with Crippen LogP contribution in [-0.4, -0.2) is 33.5 Å². The predicted octanol–water partition coefficient (Wildman–Crippen LogP) is 2.45. The minimum absolute atomic E-state index is 0.0375. The molecule has 1 aliphatic carbocycles. The van der Waals surface area contributed by atoms with Crippen LogP contribution in [0.25, 0.3) is 0 Å². The lowest BCUT2D eigenvalue weighted by Crippen LogP contribution is -2.32. The summed E-state index contributed by atoms with van der Waals surface area (Å²) < 4.78 is 32.8. The number of amides is 1. The molecule has 2 rings (SSSR count). The van der Waals surface area contributed by atoms with Gasteiger partial charge in [-0.05, 0) is 49.4 Å². The Kier molecular flexibility index (Phi) is 7.25. The van der Waals surface area contributed by atoms with Crippen LogP contribution < -0.4 is 14.8 Å². The van der Waals surface area contributed by atoms with Crippen LogP contribution in [-0.2, 0) is 14.8 Å². The first-order valence-electron chi connectivity index (χ1n) is 8.89. The minimum atomic E-state index is -3.50. The number of nitrogens with one attached hydrogen (secondary N) is 2. The number of carbonyl (C=O) groups excluding carboxylic acids is 1. The fourth-order valence-corrected chi connectivity index (χ4v) is 4.05. The Balaban J connectivity index is 1.81. The van der Waals surface area contributed by atoms with Crippen LogP contribution in [0.3, 0.4) is 0 Å². The van der Waals surface area contributed by atoms with Gasteiger partial charge in [-0.1, -0.05) is 26.7 Å². The lowest BCUT2D eigenvalue weighted by atomic mass is 10.1. The Morgan fingerprint density at radius 3 is 2.44 bits per heavy atom. The first-order valence-corrected chi connectivity index (χ1v) is 10.4. The summed E-state index contributed by atoms with van der Waals surface area (Å²) in [5.74, 6) is 0.827. The highest BCUT2D eigenvalue weighted by Gasteiger charge is 2.22. The molecule has 2 N–H and O–H groups in total. The average molecular weight is 368 g/mol. The molecule has 0 bridgehead atoms. The summed E-state index contributed by atoms with van der Waals surface area (Å²) in [6, 6.07) is 6.19. The minimum Gasteiger partial charge on any atom is -0.484 e. The number of sulfonamides is 1. The molecule has 1 aliphatic rings. The van der Waals surface area contributed by atoms with Crippen molar-refractivity contribution in [3.05, 3.63) is 24.3 Å². The zero-order valence-electron chi connectivity index (χ0n) is 15.0. The van der Waals surface area contributed by atoms with E-state index >= 15 is 0 Å². The monoisotopic (exact) mass is 368 g/mol. The molecular weight excluding hydrogens is 340 g/mol. The molecule has 1 amide bonds. The number of rotatable bonds is 9. The second-order valence-electron chi connectivity index (χ2n) is 6.90. The van der Waals surface area contributed by atoms with E-state index in [9.17, 15) is 13.2 Å². The SMILES string of the molecule is CC(C)CCNC(=O)COc1ccc(S(=O)(=O)NC2CCCC2)cc1. The zero-order chi connectivity index (χ0) is 18.3. The molecule has 0 aliphatic heterocycles. The van der Waals surface area contributed by atoms with E-state index in [1.165, 1.54) is 12.1 Å². The Bertz CT molecular complexity index is 650. The third kappa shape index (κ3) is 6.66. The number of ether oxygens (including phenoxy) is 1. The maximum atomic E-state index is 12.3. The second kappa shape index (κ2) is 9.20. The standard InChI is InChI=1S/C18H28N2O4S/c1-14(2)11-12-19-18(21)13-24-16-7-9-17(10-8-16)25(22,23)20-15-5-3-4-6-15/h7-10,14-15,20H,3-6,11-13H2,1-2H3,(H,19,21). The number of hydrogen-bond donors (Lipinski definition) is 2. The number of hydrogen-bond acceptors (Lipinski definition) is 4. The van der Waals surface area contributed by atoms with Gasteiger partial charge in [0.05, 0.1) is 4.90 Å². The summed E-state index contributed by atoms with van der Waals surface area (Å²) in [5.41, 5.74) is 0. The molecule has 0 heterocycles. The van der Waals surface area contributed by atoms with Gasteiger partial charge in [-0.3, -0.25) is 4.79 Å². The molecule has 0 unspecified atom stereocenters. The van der Waals surface area contributed by atoms with Gasteiger partial charge in [0.25, 0.3) is 5.91 Å². The first-order chi connectivity index (χ1) is 11.9. The van der Waals surface area contributed by atoms with Gasteiger partial charge in [0, 0.05) is 12.6 Å². The quantitative estimate of drug-likeness (QED) is 0.701. The molecule has 1 fully saturated rings. The fourth-order valence-electron chi connectivity index (χ4n) is 2.75. The highest BCUT2D eigenvalue weighted by Crippen LogP contribution is 2.21. The van der Waals surface area contributed by atoms with E-state index in [1.807, 2.05) is 0 Å². The van der Waals surface area contributed by atoms with E-state index in [0.29, 0.717) is 18.2 Å². The van der Waals surface area contributed by atoms with Crippen LogP contribution in [0.1, 0.15) is 46.0 Å². The highest BCUT2D eigenvalue weighted by molar-refractivity contribution is 7.89. The van der Waals surface area contributed by atoms with Crippen LogP contribution in [0.5, 0.6) is 5.75 Å². The van der Waals surface area contributed by atoms with Crippen LogP contribution >= 0.6 is 0 Å². The number of benzene rings is 1. The van der Waals surface area contributed by atoms with Crippen LogP contribution in [0.15, 0.2) is 29.2 Å². The fraction of sp³-hybridized carbons (Fsp3) is 0.611. The van der Waals surface area contributed by atoms with E-state index in [-0.39, 0.29) is 23.5 Å². The Morgan fingerprint density at radius 2 is 1.84 bits per heavy atom. The van der Waals surface area contributed by atoms with Gasteiger partial charge in [0.2, 0.25) is 10.0 Å². The van der Waals surface area contributed by atoms with E-state index in [1.54, 1.807) is 12.1 Å².